The molecule has 0 amide bonds. The second kappa shape index (κ2) is 8.73. The van der Waals surface area contributed by atoms with Gasteiger partial charge in [-0.1, -0.05) is 23.7 Å². The van der Waals surface area contributed by atoms with Crippen LogP contribution in [0.3, 0.4) is 0 Å². The molecule has 0 N–H and O–H groups in total. The van der Waals surface area contributed by atoms with E-state index in [1.54, 1.807) is 14.0 Å². The average Bonchev–Trinajstić information content (AvgIpc) is 3.11. The number of hydrogen-bond acceptors (Lipinski definition) is 4. The molecule has 0 atom stereocenters. The first-order chi connectivity index (χ1) is 13.1. The van der Waals surface area contributed by atoms with Gasteiger partial charge in [0.1, 0.15) is 5.75 Å². The SMILES string of the molecule is CCOC(=O)CCc1cc(-c2ccc(Cl)cc2)n(-c2ccc(OC)cc2)n1. The van der Waals surface area contributed by atoms with Crippen LogP contribution < -0.4 is 4.74 Å². The van der Waals surface area contributed by atoms with Crippen LogP contribution >= 0.6 is 11.6 Å². The van der Waals surface area contributed by atoms with Gasteiger partial charge < -0.3 is 9.47 Å². The van der Waals surface area contributed by atoms with Crippen LogP contribution in [-0.2, 0) is 16.0 Å². The lowest BCUT2D eigenvalue weighted by molar-refractivity contribution is -0.143. The quantitative estimate of drug-likeness (QED) is 0.554. The van der Waals surface area contributed by atoms with Crippen molar-refractivity contribution in [1.82, 2.24) is 9.78 Å². The van der Waals surface area contributed by atoms with Gasteiger partial charge in [0.25, 0.3) is 0 Å². The molecule has 0 saturated heterocycles. The van der Waals surface area contributed by atoms with Crippen LogP contribution in [-0.4, -0.2) is 29.5 Å². The van der Waals surface area contributed by atoms with Gasteiger partial charge in [0.2, 0.25) is 0 Å². The molecule has 3 aromatic rings. The van der Waals surface area contributed by atoms with E-state index in [2.05, 4.69) is 0 Å². The molecule has 27 heavy (non-hydrogen) atoms. The first-order valence-electron chi connectivity index (χ1n) is 8.75. The maximum absolute atomic E-state index is 11.7. The third-order valence-electron chi connectivity index (χ3n) is 4.11. The first-order valence-corrected chi connectivity index (χ1v) is 9.13. The Balaban J connectivity index is 1.95. The molecule has 0 radical (unpaired) electrons. The maximum Gasteiger partial charge on any atom is 0.306 e. The van der Waals surface area contributed by atoms with E-state index in [1.807, 2.05) is 59.3 Å². The van der Waals surface area contributed by atoms with E-state index in [4.69, 9.17) is 26.2 Å². The lowest BCUT2D eigenvalue weighted by Crippen LogP contribution is -2.06. The molecule has 0 unspecified atom stereocenters. The first kappa shape index (κ1) is 19.0. The Morgan fingerprint density at radius 3 is 2.44 bits per heavy atom. The van der Waals surface area contributed by atoms with Crippen LogP contribution in [0.15, 0.2) is 54.6 Å². The fourth-order valence-corrected chi connectivity index (χ4v) is 2.89. The summed E-state index contributed by atoms with van der Waals surface area (Å²) in [4.78, 5) is 11.7. The average molecular weight is 385 g/mol. The van der Waals surface area contributed by atoms with Gasteiger partial charge in [0.05, 0.1) is 37.2 Å². The fourth-order valence-electron chi connectivity index (χ4n) is 2.76. The fraction of sp³-hybridized carbons (Fsp3) is 0.238. The summed E-state index contributed by atoms with van der Waals surface area (Å²) in [7, 11) is 1.63. The standard InChI is InChI=1S/C21H21ClN2O3/c1-3-27-21(25)13-8-17-14-20(15-4-6-16(22)7-5-15)24(23-17)18-9-11-19(26-2)12-10-18/h4-7,9-12,14H,3,8,13H2,1-2H3. The van der Waals surface area contributed by atoms with Gasteiger partial charge in [-0.15, -0.1) is 0 Å². The molecular formula is C21H21ClN2O3. The van der Waals surface area contributed by atoms with E-state index in [0.29, 0.717) is 24.5 Å². The number of aryl methyl sites for hydroxylation is 1. The molecule has 0 aliphatic rings. The number of esters is 1. The van der Waals surface area contributed by atoms with Gasteiger partial charge in [0, 0.05) is 17.0 Å². The molecule has 1 aromatic heterocycles. The molecule has 1 heterocycles. The number of hydrogen-bond donors (Lipinski definition) is 0. The predicted octanol–water partition coefficient (Wildman–Crippen LogP) is 4.70. The largest absolute Gasteiger partial charge is 0.497 e. The van der Waals surface area contributed by atoms with Crippen LogP contribution in [0.1, 0.15) is 19.0 Å². The number of halogens is 1. The third kappa shape index (κ3) is 4.68. The van der Waals surface area contributed by atoms with Crippen LogP contribution in [0.5, 0.6) is 5.75 Å². The van der Waals surface area contributed by atoms with Crippen molar-refractivity contribution in [3.63, 3.8) is 0 Å². The van der Waals surface area contributed by atoms with Crippen LogP contribution in [0, 0.1) is 0 Å². The molecule has 140 valence electrons. The monoisotopic (exact) mass is 384 g/mol. The zero-order chi connectivity index (χ0) is 19.2. The van der Waals surface area contributed by atoms with Crippen molar-refractivity contribution in [3.05, 3.63) is 65.3 Å². The van der Waals surface area contributed by atoms with Gasteiger partial charge in [-0.05, 0) is 49.4 Å². The number of rotatable bonds is 7. The van der Waals surface area contributed by atoms with E-state index in [-0.39, 0.29) is 5.97 Å². The minimum atomic E-state index is -0.218. The maximum atomic E-state index is 11.7. The molecule has 0 aliphatic carbocycles. The number of aromatic nitrogens is 2. The summed E-state index contributed by atoms with van der Waals surface area (Å²) in [5, 5.41) is 5.38. The highest BCUT2D eigenvalue weighted by molar-refractivity contribution is 6.30. The van der Waals surface area contributed by atoms with E-state index in [1.165, 1.54) is 0 Å². The zero-order valence-electron chi connectivity index (χ0n) is 15.3. The molecule has 0 fully saturated rings. The smallest absolute Gasteiger partial charge is 0.306 e. The van der Waals surface area contributed by atoms with Crippen molar-refractivity contribution < 1.29 is 14.3 Å². The lowest BCUT2D eigenvalue weighted by Gasteiger charge is -2.08. The Morgan fingerprint density at radius 1 is 1.11 bits per heavy atom. The van der Waals surface area contributed by atoms with Crippen molar-refractivity contribution in [3.8, 4) is 22.7 Å². The number of benzene rings is 2. The molecule has 6 heteroatoms. The Kier molecular flexibility index (Phi) is 6.14. The molecule has 0 aliphatic heterocycles. The van der Waals surface area contributed by atoms with E-state index in [0.717, 1.165) is 28.4 Å². The van der Waals surface area contributed by atoms with Gasteiger partial charge in [0.15, 0.2) is 0 Å². The summed E-state index contributed by atoms with van der Waals surface area (Å²) < 4.78 is 12.1. The summed E-state index contributed by atoms with van der Waals surface area (Å²) in [6, 6.07) is 17.3. The summed E-state index contributed by atoms with van der Waals surface area (Å²) in [5.74, 6) is 0.561. The third-order valence-corrected chi connectivity index (χ3v) is 4.36. The van der Waals surface area contributed by atoms with Crippen molar-refractivity contribution in [2.75, 3.05) is 13.7 Å². The zero-order valence-corrected chi connectivity index (χ0v) is 16.1. The second-order valence-corrected chi connectivity index (χ2v) is 6.38. The molecule has 5 nitrogen and oxygen atoms in total. The van der Waals surface area contributed by atoms with Crippen LogP contribution in [0.4, 0.5) is 0 Å². The summed E-state index contributed by atoms with van der Waals surface area (Å²) in [6.45, 7) is 2.18. The van der Waals surface area contributed by atoms with E-state index in [9.17, 15) is 4.79 Å². The molecule has 3 rings (SSSR count). The van der Waals surface area contributed by atoms with Gasteiger partial charge in [-0.3, -0.25) is 4.79 Å². The summed E-state index contributed by atoms with van der Waals surface area (Å²) in [5.41, 5.74) is 3.65. The van der Waals surface area contributed by atoms with Crippen molar-refractivity contribution in [2.24, 2.45) is 0 Å². The van der Waals surface area contributed by atoms with E-state index < -0.39 is 0 Å². The topological polar surface area (TPSA) is 53.4 Å². The molecule has 0 spiro atoms. The van der Waals surface area contributed by atoms with Gasteiger partial charge in [-0.2, -0.15) is 5.10 Å². The number of methoxy groups -OCH3 is 1. The highest BCUT2D eigenvalue weighted by atomic mass is 35.5. The van der Waals surface area contributed by atoms with Crippen molar-refractivity contribution >= 4 is 17.6 Å². The molecule has 0 bridgehead atoms. The number of carbonyl (C=O) groups is 1. The Bertz CT molecular complexity index is 902. The number of ether oxygens (including phenoxy) is 2. The normalized spacial score (nSPS) is 10.6. The minimum absolute atomic E-state index is 0.218. The van der Waals surface area contributed by atoms with Gasteiger partial charge in [-0.25, -0.2) is 4.68 Å². The Morgan fingerprint density at radius 2 is 1.81 bits per heavy atom. The van der Waals surface area contributed by atoms with Gasteiger partial charge >= 0.3 is 5.97 Å². The number of carbonyl (C=O) groups excluding carboxylic acids is 1. The number of nitrogens with zero attached hydrogens (tertiary/aromatic N) is 2. The summed E-state index contributed by atoms with van der Waals surface area (Å²) in [6.07, 6.45) is 0.816. The van der Waals surface area contributed by atoms with Crippen molar-refractivity contribution in [1.29, 1.82) is 0 Å². The Hall–Kier alpha value is -2.79. The second-order valence-electron chi connectivity index (χ2n) is 5.94. The summed E-state index contributed by atoms with van der Waals surface area (Å²) >= 11 is 6.02. The predicted molar refractivity (Wildman–Crippen MR) is 106 cm³/mol. The van der Waals surface area contributed by atoms with E-state index >= 15 is 0 Å². The van der Waals surface area contributed by atoms with Crippen molar-refractivity contribution in [2.45, 2.75) is 19.8 Å². The highest BCUT2D eigenvalue weighted by Gasteiger charge is 2.13. The highest BCUT2D eigenvalue weighted by Crippen LogP contribution is 2.27. The molecular weight excluding hydrogens is 364 g/mol. The Labute approximate surface area is 163 Å². The minimum Gasteiger partial charge on any atom is -0.497 e. The lowest BCUT2D eigenvalue weighted by atomic mass is 10.1. The molecule has 2 aromatic carbocycles. The van der Waals surface area contributed by atoms with Crippen LogP contribution in [0.25, 0.3) is 16.9 Å². The molecule has 0 saturated carbocycles. The van der Waals surface area contributed by atoms with Crippen LogP contribution in [0.2, 0.25) is 5.02 Å².